The van der Waals surface area contributed by atoms with E-state index in [-0.39, 0.29) is 5.91 Å². The van der Waals surface area contributed by atoms with Gasteiger partial charge >= 0.3 is 0 Å². The van der Waals surface area contributed by atoms with Gasteiger partial charge in [-0.15, -0.1) is 0 Å². The van der Waals surface area contributed by atoms with Crippen molar-refractivity contribution in [3.05, 3.63) is 48.5 Å². The van der Waals surface area contributed by atoms with E-state index in [2.05, 4.69) is 4.98 Å². The van der Waals surface area contributed by atoms with Crippen LogP contribution in [0.25, 0.3) is 0 Å². The number of hydrogen-bond acceptors (Lipinski definition) is 3. The Bertz CT molecular complexity index is 471. The molecule has 0 fully saturated rings. The molecule has 1 aromatic carbocycles. The van der Waals surface area contributed by atoms with Gasteiger partial charge in [0, 0.05) is 37.7 Å². The first-order valence-corrected chi connectivity index (χ1v) is 4.98. The summed E-state index contributed by atoms with van der Waals surface area (Å²) in [7, 11) is 3.93. The van der Waals surface area contributed by atoms with Gasteiger partial charge in [-0.1, -0.05) is 0 Å². The van der Waals surface area contributed by atoms with Crippen molar-refractivity contribution in [2.75, 3.05) is 19.0 Å². The van der Waals surface area contributed by atoms with Crippen LogP contribution >= 0.6 is 0 Å². The van der Waals surface area contributed by atoms with Gasteiger partial charge in [-0.3, -0.25) is 9.36 Å². The molecule has 16 heavy (non-hydrogen) atoms. The maximum Gasteiger partial charge on any atom is 0.263 e. The Balaban J connectivity index is 2.25. The normalized spacial score (nSPS) is 10.1. The van der Waals surface area contributed by atoms with E-state index in [1.807, 2.05) is 43.3 Å². The molecule has 0 aliphatic rings. The number of carbonyl (C=O) groups is 1. The summed E-state index contributed by atoms with van der Waals surface area (Å²) in [6.45, 7) is 0. The first kappa shape index (κ1) is 10.4. The van der Waals surface area contributed by atoms with Crippen molar-refractivity contribution in [3.63, 3.8) is 0 Å². The lowest BCUT2D eigenvalue weighted by molar-refractivity contribution is 0.0960. The maximum absolute atomic E-state index is 11.9. The molecule has 0 aliphatic heterocycles. The molecule has 4 heteroatoms. The number of imidazole rings is 1. The van der Waals surface area contributed by atoms with Crippen LogP contribution in [0.5, 0.6) is 0 Å². The lowest BCUT2D eigenvalue weighted by Crippen LogP contribution is -2.11. The molecule has 0 amide bonds. The first-order chi connectivity index (χ1) is 7.68. The predicted octanol–water partition coefficient (Wildman–Crippen LogP) is 1.64. The second-order valence-corrected chi connectivity index (χ2v) is 3.72. The Morgan fingerprint density at radius 3 is 2.44 bits per heavy atom. The van der Waals surface area contributed by atoms with E-state index >= 15 is 0 Å². The second kappa shape index (κ2) is 4.18. The second-order valence-electron chi connectivity index (χ2n) is 3.72. The highest BCUT2D eigenvalue weighted by molar-refractivity contribution is 5.96. The molecule has 0 atom stereocenters. The molecule has 1 heterocycles. The summed E-state index contributed by atoms with van der Waals surface area (Å²) >= 11 is 0. The minimum Gasteiger partial charge on any atom is -0.378 e. The quantitative estimate of drug-likeness (QED) is 0.766. The number of aromatic nitrogens is 2. The summed E-state index contributed by atoms with van der Waals surface area (Å²) in [5.74, 6) is -0.0668. The van der Waals surface area contributed by atoms with E-state index in [0.29, 0.717) is 5.56 Å². The van der Waals surface area contributed by atoms with E-state index in [1.165, 1.54) is 10.9 Å². The Labute approximate surface area is 94.1 Å². The maximum atomic E-state index is 11.9. The van der Waals surface area contributed by atoms with Crippen molar-refractivity contribution >= 4 is 11.6 Å². The molecule has 0 N–H and O–H groups in total. The van der Waals surface area contributed by atoms with E-state index < -0.39 is 0 Å². The predicted molar refractivity (Wildman–Crippen MR) is 62.7 cm³/mol. The summed E-state index contributed by atoms with van der Waals surface area (Å²) < 4.78 is 1.46. The minimum atomic E-state index is -0.0668. The molecule has 0 saturated heterocycles. The summed E-state index contributed by atoms with van der Waals surface area (Å²) in [5.41, 5.74) is 1.73. The number of benzene rings is 1. The SMILES string of the molecule is CN(C)c1ccc(C(=[17O])n2ccnc2)cc1. The van der Waals surface area contributed by atoms with Crippen molar-refractivity contribution in [2.24, 2.45) is 0 Å². The van der Waals surface area contributed by atoms with Gasteiger partial charge in [-0.2, -0.15) is 0 Å². The number of nitrogens with zero attached hydrogens (tertiary/aromatic N) is 3. The third kappa shape index (κ3) is 1.95. The molecule has 0 aliphatic carbocycles. The summed E-state index contributed by atoms with van der Waals surface area (Å²) in [4.78, 5) is 17.7. The number of anilines is 1. The van der Waals surface area contributed by atoms with Crippen LogP contribution in [0.3, 0.4) is 0 Å². The lowest BCUT2D eigenvalue weighted by Gasteiger charge is -2.12. The smallest absolute Gasteiger partial charge is 0.263 e. The molecular formula is C12H13N3O. The van der Waals surface area contributed by atoms with Crippen LogP contribution in [0.4, 0.5) is 5.69 Å². The molecular weight excluding hydrogens is 203 g/mol. The van der Waals surface area contributed by atoms with Gasteiger partial charge in [0.1, 0.15) is 6.33 Å². The van der Waals surface area contributed by atoms with Crippen LogP contribution in [-0.2, 0) is 0 Å². The fraction of sp³-hybridized carbons (Fsp3) is 0.167. The highest BCUT2D eigenvalue weighted by atomic mass is 17.1. The van der Waals surface area contributed by atoms with Gasteiger partial charge < -0.3 is 4.90 Å². The number of hydrogen-bond donors (Lipinski definition) is 0. The van der Waals surface area contributed by atoms with Gasteiger partial charge in [0.25, 0.3) is 5.91 Å². The summed E-state index contributed by atoms with van der Waals surface area (Å²) in [5, 5.41) is 0. The van der Waals surface area contributed by atoms with Crippen LogP contribution in [0.1, 0.15) is 10.4 Å². The zero-order valence-electron chi connectivity index (χ0n) is 9.29. The van der Waals surface area contributed by atoms with Gasteiger partial charge in [0.15, 0.2) is 0 Å². The van der Waals surface area contributed by atoms with Crippen LogP contribution in [0, 0.1) is 0 Å². The van der Waals surface area contributed by atoms with Crippen LogP contribution < -0.4 is 4.90 Å². The molecule has 0 spiro atoms. The van der Waals surface area contributed by atoms with Gasteiger partial charge in [-0.05, 0) is 24.3 Å². The lowest BCUT2D eigenvalue weighted by atomic mass is 10.2. The van der Waals surface area contributed by atoms with Gasteiger partial charge in [0.05, 0.1) is 0 Å². The molecule has 2 aromatic rings. The molecule has 0 bridgehead atoms. The number of rotatable bonds is 2. The van der Waals surface area contributed by atoms with Gasteiger partial charge in [0.2, 0.25) is 0 Å². The molecule has 0 saturated carbocycles. The summed E-state index contributed by atoms with van der Waals surface area (Å²) in [6, 6.07) is 7.48. The topological polar surface area (TPSA) is 38.1 Å². The van der Waals surface area contributed by atoms with Crippen molar-refractivity contribution in [1.82, 2.24) is 9.55 Å². The fourth-order valence-electron chi connectivity index (χ4n) is 1.43. The van der Waals surface area contributed by atoms with Gasteiger partial charge in [-0.25, -0.2) is 4.98 Å². The Morgan fingerprint density at radius 2 is 1.94 bits per heavy atom. The zero-order valence-corrected chi connectivity index (χ0v) is 9.29. The minimum absolute atomic E-state index is 0.0668. The van der Waals surface area contributed by atoms with Crippen LogP contribution in [0.15, 0.2) is 43.0 Å². The van der Waals surface area contributed by atoms with Crippen LogP contribution in [0.2, 0.25) is 0 Å². The molecule has 0 unspecified atom stereocenters. The standard InChI is InChI=1S/C12H13N3O/c1-14(2)11-5-3-10(4-6-11)12(16)15-8-7-13-9-15/h3-9H,1-2H3/i16+1. The highest BCUT2D eigenvalue weighted by Gasteiger charge is 2.07. The first-order valence-electron chi connectivity index (χ1n) is 4.98. The monoisotopic (exact) mass is 216 g/mol. The van der Waals surface area contributed by atoms with E-state index in [4.69, 9.17) is 0 Å². The van der Waals surface area contributed by atoms with E-state index in [9.17, 15) is 4.79 Å². The Hall–Kier alpha value is -2.10. The molecule has 2 rings (SSSR count). The third-order valence-corrected chi connectivity index (χ3v) is 2.37. The highest BCUT2D eigenvalue weighted by Crippen LogP contribution is 2.13. The third-order valence-electron chi connectivity index (χ3n) is 2.37. The summed E-state index contributed by atoms with van der Waals surface area (Å²) in [6.07, 6.45) is 4.73. The molecule has 4 nitrogen and oxygen atoms in total. The van der Waals surface area contributed by atoms with E-state index in [0.717, 1.165) is 5.69 Å². The molecule has 1 aromatic heterocycles. The van der Waals surface area contributed by atoms with Crippen molar-refractivity contribution in [3.8, 4) is 0 Å². The average Bonchev–Trinajstić information content (AvgIpc) is 2.81. The zero-order chi connectivity index (χ0) is 11.5. The Morgan fingerprint density at radius 1 is 1.25 bits per heavy atom. The van der Waals surface area contributed by atoms with E-state index in [1.54, 1.807) is 12.4 Å². The van der Waals surface area contributed by atoms with Crippen molar-refractivity contribution in [1.29, 1.82) is 0 Å². The van der Waals surface area contributed by atoms with Crippen molar-refractivity contribution < 1.29 is 4.79 Å². The number of carbonyl (C=O) groups excluding carboxylic acids is 1. The van der Waals surface area contributed by atoms with Crippen molar-refractivity contribution in [2.45, 2.75) is 0 Å². The molecule has 0 radical (unpaired) electrons. The Kier molecular flexibility index (Phi) is 2.72. The fourth-order valence-corrected chi connectivity index (χ4v) is 1.43. The largest absolute Gasteiger partial charge is 0.378 e. The van der Waals surface area contributed by atoms with Crippen LogP contribution in [-0.4, -0.2) is 29.6 Å². The molecule has 82 valence electrons. The average molecular weight is 216 g/mol.